The Bertz CT molecular complexity index is 208. The number of benzene rings is 1. The van der Waals surface area contributed by atoms with Crippen molar-refractivity contribution in [2.45, 2.75) is 0 Å². The minimum Gasteiger partial charge on any atom is -0.269 e. The number of rotatable bonds is 0. The van der Waals surface area contributed by atoms with E-state index in [1.807, 2.05) is 24.3 Å². The summed E-state index contributed by atoms with van der Waals surface area (Å²) in [5, 5.41) is 8.29. The van der Waals surface area contributed by atoms with E-state index < -0.39 is 0 Å². The molecule has 0 unspecified atom stereocenters. The summed E-state index contributed by atoms with van der Waals surface area (Å²) in [7, 11) is 0. The van der Waals surface area contributed by atoms with Crippen LogP contribution >= 0.6 is 0 Å². The molecule has 1 aromatic rings. The fraction of sp³-hybridized carbons (Fsp3) is 0. The molecular formula is C7H10F5N. The van der Waals surface area contributed by atoms with Crippen molar-refractivity contribution in [2.75, 3.05) is 0 Å². The van der Waals surface area contributed by atoms with Crippen molar-refractivity contribution in [3.8, 4) is 6.07 Å². The van der Waals surface area contributed by atoms with Crippen LogP contribution in [0.5, 0.6) is 0 Å². The molecule has 0 aliphatic heterocycles. The molecule has 78 valence electrons. The van der Waals surface area contributed by atoms with Crippen molar-refractivity contribution >= 4 is 0 Å². The first kappa shape index (κ1) is 30.1. The molecule has 0 N–H and O–H groups in total. The molecule has 0 fully saturated rings. The maximum absolute atomic E-state index is 8.29. The lowest BCUT2D eigenvalue weighted by Gasteiger charge is -1.80. The fourth-order valence-electron chi connectivity index (χ4n) is 0.513. The van der Waals surface area contributed by atoms with E-state index in [1.54, 1.807) is 12.1 Å². The van der Waals surface area contributed by atoms with E-state index in [1.165, 1.54) is 0 Å². The third-order valence-electron chi connectivity index (χ3n) is 0.903. The van der Waals surface area contributed by atoms with Gasteiger partial charge < -0.3 is 0 Å². The zero-order valence-corrected chi connectivity index (χ0v) is 6.38. The molecule has 0 saturated carbocycles. The van der Waals surface area contributed by atoms with E-state index in [0.29, 0.717) is 5.56 Å². The Hall–Kier alpha value is -1.64. The number of nitriles is 1. The van der Waals surface area contributed by atoms with Gasteiger partial charge in [0.25, 0.3) is 0 Å². The summed E-state index contributed by atoms with van der Waals surface area (Å²) in [6.07, 6.45) is 0. The zero-order valence-electron chi connectivity index (χ0n) is 6.38. The second-order valence-corrected chi connectivity index (χ2v) is 1.48. The summed E-state index contributed by atoms with van der Waals surface area (Å²) in [6.45, 7) is 0. The molecule has 1 rings (SSSR count). The summed E-state index contributed by atoms with van der Waals surface area (Å²) in [5.41, 5.74) is 0.715. The Labute approximate surface area is 71.8 Å². The van der Waals surface area contributed by atoms with Gasteiger partial charge in [0.2, 0.25) is 0 Å². The topological polar surface area (TPSA) is 23.8 Å². The average Bonchev–Trinajstić information content (AvgIpc) is 1.90. The molecule has 0 aliphatic carbocycles. The average molecular weight is 203 g/mol. The van der Waals surface area contributed by atoms with Crippen molar-refractivity contribution in [1.29, 1.82) is 5.26 Å². The lowest BCUT2D eigenvalue weighted by molar-refractivity contribution is 1.11. The van der Waals surface area contributed by atoms with Crippen LogP contribution in [0.3, 0.4) is 0 Å². The van der Waals surface area contributed by atoms with Crippen LogP contribution in [-0.2, 0) is 0 Å². The summed E-state index contributed by atoms with van der Waals surface area (Å²) < 4.78 is 0. The van der Waals surface area contributed by atoms with E-state index in [-0.39, 0.29) is 23.5 Å². The van der Waals surface area contributed by atoms with Crippen LogP contribution in [0.4, 0.5) is 23.5 Å². The second-order valence-electron chi connectivity index (χ2n) is 1.48. The van der Waals surface area contributed by atoms with Crippen LogP contribution in [0.25, 0.3) is 0 Å². The Morgan fingerprint density at radius 1 is 0.769 bits per heavy atom. The Kier molecular flexibility index (Phi) is 38.9. The predicted molar refractivity (Wildman–Crippen MR) is 43.7 cm³/mol. The van der Waals surface area contributed by atoms with Crippen molar-refractivity contribution in [2.24, 2.45) is 0 Å². The molecular weight excluding hydrogens is 193 g/mol. The van der Waals surface area contributed by atoms with Crippen LogP contribution in [0.2, 0.25) is 0 Å². The first-order valence-electron chi connectivity index (χ1n) is 2.38. The molecule has 0 aromatic heterocycles. The Morgan fingerprint density at radius 3 is 1.38 bits per heavy atom. The summed E-state index contributed by atoms with van der Waals surface area (Å²) in [6, 6.07) is 11.2. The highest BCUT2D eigenvalue weighted by molar-refractivity contribution is 5.27. The van der Waals surface area contributed by atoms with Gasteiger partial charge in [0.1, 0.15) is 0 Å². The summed E-state index contributed by atoms with van der Waals surface area (Å²) in [4.78, 5) is 0. The van der Waals surface area contributed by atoms with Gasteiger partial charge in [-0.3, -0.25) is 23.5 Å². The molecule has 0 atom stereocenters. The maximum Gasteiger partial charge on any atom is 0.0991 e. The second kappa shape index (κ2) is 16.8. The third-order valence-corrected chi connectivity index (χ3v) is 0.903. The van der Waals surface area contributed by atoms with Gasteiger partial charge in [-0.15, -0.1) is 0 Å². The first-order chi connectivity index (χ1) is 3.93. The van der Waals surface area contributed by atoms with E-state index in [4.69, 9.17) is 5.26 Å². The minimum atomic E-state index is 0. The molecule has 1 nitrogen and oxygen atoms in total. The molecule has 6 heteroatoms. The summed E-state index contributed by atoms with van der Waals surface area (Å²) >= 11 is 0. The third kappa shape index (κ3) is 10.4. The molecule has 0 spiro atoms. The van der Waals surface area contributed by atoms with E-state index in [2.05, 4.69) is 0 Å². The maximum atomic E-state index is 8.29. The van der Waals surface area contributed by atoms with Gasteiger partial charge in [0, 0.05) is 0 Å². The highest BCUT2D eigenvalue weighted by Gasteiger charge is 1.79. The van der Waals surface area contributed by atoms with E-state index >= 15 is 0 Å². The lowest BCUT2D eigenvalue weighted by Crippen LogP contribution is -1.66. The molecule has 0 saturated heterocycles. The van der Waals surface area contributed by atoms with Gasteiger partial charge >= 0.3 is 0 Å². The molecule has 1 aromatic carbocycles. The number of halogens is 5. The van der Waals surface area contributed by atoms with Crippen molar-refractivity contribution in [3.63, 3.8) is 0 Å². The molecule has 0 heterocycles. The van der Waals surface area contributed by atoms with Crippen molar-refractivity contribution < 1.29 is 23.5 Å². The van der Waals surface area contributed by atoms with Crippen molar-refractivity contribution in [1.82, 2.24) is 0 Å². The highest BCUT2D eigenvalue weighted by atomic mass is 19.0. The van der Waals surface area contributed by atoms with Gasteiger partial charge in [-0.05, 0) is 12.1 Å². The SMILES string of the molecule is F.F.F.F.F.N#Cc1ccccc1. The smallest absolute Gasteiger partial charge is 0.0991 e. The molecule has 0 radical (unpaired) electrons. The number of hydrogen-bond acceptors (Lipinski definition) is 1. The monoisotopic (exact) mass is 203 g/mol. The predicted octanol–water partition coefficient (Wildman–Crippen LogP) is 2.32. The normalized spacial score (nSPS) is 4.85. The zero-order chi connectivity index (χ0) is 5.82. The molecule has 0 amide bonds. The lowest BCUT2D eigenvalue weighted by atomic mass is 10.2. The quantitative estimate of drug-likeness (QED) is 0.593. The first-order valence-corrected chi connectivity index (χ1v) is 2.38. The number of hydrogen-bond donors (Lipinski definition) is 0. The van der Waals surface area contributed by atoms with Crippen molar-refractivity contribution in [3.05, 3.63) is 35.9 Å². The largest absolute Gasteiger partial charge is 0.269 e. The fourth-order valence-corrected chi connectivity index (χ4v) is 0.513. The Balaban J connectivity index is -0.0000000427. The van der Waals surface area contributed by atoms with Gasteiger partial charge in [0.05, 0.1) is 11.6 Å². The van der Waals surface area contributed by atoms with Crippen LogP contribution in [0, 0.1) is 11.3 Å². The van der Waals surface area contributed by atoms with E-state index in [0.717, 1.165) is 0 Å². The minimum absolute atomic E-state index is 0. The van der Waals surface area contributed by atoms with Crippen LogP contribution < -0.4 is 0 Å². The molecule has 0 aliphatic rings. The standard InChI is InChI=1S/C7H5N.5FH/c8-6-7-4-2-1-3-5-7;;;;;/h1-5H;5*1H. The van der Waals surface area contributed by atoms with Crippen LogP contribution in [0.1, 0.15) is 5.56 Å². The van der Waals surface area contributed by atoms with Crippen LogP contribution in [0.15, 0.2) is 30.3 Å². The van der Waals surface area contributed by atoms with E-state index in [9.17, 15) is 0 Å². The van der Waals surface area contributed by atoms with Crippen LogP contribution in [-0.4, -0.2) is 0 Å². The van der Waals surface area contributed by atoms with Gasteiger partial charge in [-0.2, -0.15) is 5.26 Å². The number of nitrogens with zero attached hydrogens (tertiary/aromatic N) is 1. The summed E-state index contributed by atoms with van der Waals surface area (Å²) in [5.74, 6) is 0. The molecule has 0 bridgehead atoms. The van der Waals surface area contributed by atoms with Gasteiger partial charge in [-0.25, -0.2) is 0 Å². The Morgan fingerprint density at radius 2 is 1.15 bits per heavy atom. The molecule has 13 heavy (non-hydrogen) atoms. The highest BCUT2D eigenvalue weighted by Crippen LogP contribution is 1.92. The van der Waals surface area contributed by atoms with Gasteiger partial charge in [-0.1, -0.05) is 18.2 Å². The van der Waals surface area contributed by atoms with Gasteiger partial charge in [0.15, 0.2) is 0 Å².